The third-order valence-corrected chi connectivity index (χ3v) is 4.00. The highest BCUT2D eigenvalue weighted by Crippen LogP contribution is 2.28. The zero-order valence-electron chi connectivity index (χ0n) is 11.9. The normalized spacial score (nSPS) is 25.8. The molecule has 0 spiro atoms. The van der Waals surface area contributed by atoms with Gasteiger partial charge >= 0.3 is 0 Å². The van der Waals surface area contributed by atoms with Crippen molar-refractivity contribution >= 4 is 0 Å². The maximum absolute atomic E-state index is 6.02. The summed E-state index contributed by atoms with van der Waals surface area (Å²) in [7, 11) is 0. The fraction of sp³-hybridized carbons (Fsp3) is 1.00. The zero-order chi connectivity index (χ0) is 12.7. The van der Waals surface area contributed by atoms with Crippen LogP contribution in [0.1, 0.15) is 52.9 Å². The molecule has 2 unspecified atom stereocenters. The molecular weight excluding hydrogens is 212 g/mol. The van der Waals surface area contributed by atoms with Crippen molar-refractivity contribution in [2.75, 3.05) is 26.3 Å². The van der Waals surface area contributed by atoms with E-state index < -0.39 is 0 Å². The summed E-state index contributed by atoms with van der Waals surface area (Å²) >= 11 is 0. The molecule has 0 aromatic heterocycles. The molecule has 1 saturated heterocycles. The van der Waals surface area contributed by atoms with E-state index in [-0.39, 0.29) is 5.54 Å². The fourth-order valence-electron chi connectivity index (χ4n) is 2.93. The van der Waals surface area contributed by atoms with Crippen LogP contribution < -0.4 is 5.73 Å². The van der Waals surface area contributed by atoms with Crippen molar-refractivity contribution < 1.29 is 4.74 Å². The maximum atomic E-state index is 6.02. The van der Waals surface area contributed by atoms with Gasteiger partial charge in [0.25, 0.3) is 0 Å². The number of piperidine rings is 1. The summed E-state index contributed by atoms with van der Waals surface area (Å²) in [6.45, 7) is 10.0. The Morgan fingerprint density at radius 2 is 2.12 bits per heavy atom. The Bertz CT molecular complexity index is 208. The van der Waals surface area contributed by atoms with Gasteiger partial charge in [-0.15, -0.1) is 0 Å². The molecule has 0 aromatic carbocycles. The molecule has 0 radical (unpaired) electrons. The Kier molecular flexibility index (Phi) is 6.45. The summed E-state index contributed by atoms with van der Waals surface area (Å²) in [4.78, 5) is 2.62. The standard InChI is InChI=1S/C14H30N2O/c1-4-8-13-9-6-7-10-16(13)14(3,11-15)12-17-5-2/h13H,4-12,15H2,1-3H3. The second kappa shape index (κ2) is 7.34. The van der Waals surface area contributed by atoms with Crippen molar-refractivity contribution in [1.29, 1.82) is 0 Å². The minimum atomic E-state index is 0.0241. The lowest BCUT2D eigenvalue weighted by atomic mass is 9.90. The number of hydrogen-bond donors (Lipinski definition) is 1. The molecule has 0 amide bonds. The van der Waals surface area contributed by atoms with Crippen molar-refractivity contribution in [3.8, 4) is 0 Å². The number of nitrogens with zero attached hydrogens (tertiary/aromatic N) is 1. The lowest BCUT2D eigenvalue weighted by molar-refractivity contribution is -0.0298. The van der Waals surface area contributed by atoms with E-state index in [1.165, 1.54) is 38.6 Å². The first kappa shape index (κ1) is 14.9. The summed E-state index contributed by atoms with van der Waals surface area (Å²) in [5, 5.41) is 0. The van der Waals surface area contributed by atoms with Gasteiger partial charge in [-0.3, -0.25) is 4.90 Å². The molecule has 17 heavy (non-hydrogen) atoms. The monoisotopic (exact) mass is 242 g/mol. The molecule has 1 aliphatic rings. The van der Waals surface area contributed by atoms with Crippen LogP contribution in [0.5, 0.6) is 0 Å². The van der Waals surface area contributed by atoms with E-state index in [1.807, 2.05) is 0 Å². The molecule has 1 rings (SSSR count). The molecule has 1 fully saturated rings. The van der Waals surface area contributed by atoms with Gasteiger partial charge in [0, 0.05) is 19.2 Å². The minimum Gasteiger partial charge on any atom is -0.380 e. The van der Waals surface area contributed by atoms with Crippen molar-refractivity contribution in [1.82, 2.24) is 4.90 Å². The van der Waals surface area contributed by atoms with Crippen LogP contribution in [-0.4, -0.2) is 42.8 Å². The van der Waals surface area contributed by atoms with Gasteiger partial charge < -0.3 is 10.5 Å². The SMILES string of the molecule is CCCC1CCCCN1C(C)(CN)COCC. The van der Waals surface area contributed by atoms with Gasteiger partial charge in [0.15, 0.2) is 0 Å². The summed E-state index contributed by atoms with van der Waals surface area (Å²) in [5.41, 5.74) is 6.04. The second-order valence-corrected chi connectivity index (χ2v) is 5.47. The molecule has 0 aliphatic carbocycles. The largest absolute Gasteiger partial charge is 0.380 e. The average Bonchev–Trinajstić information content (AvgIpc) is 2.37. The summed E-state index contributed by atoms with van der Waals surface area (Å²) in [6, 6.07) is 0.711. The number of likely N-dealkylation sites (tertiary alicyclic amines) is 1. The molecule has 1 heterocycles. The highest BCUT2D eigenvalue weighted by Gasteiger charge is 2.36. The topological polar surface area (TPSA) is 38.5 Å². The van der Waals surface area contributed by atoms with E-state index >= 15 is 0 Å². The smallest absolute Gasteiger partial charge is 0.0660 e. The molecule has 3 nitrogen and oxygen atoms in total. The van der Waals surface area contributed by atoms with E-state index in [0.29, 0.717) is 12.6 Å². The van der Waals surface area contributed by atoms with Gasteiger partial charge in [-0.1, -0.05) is 19.8 Å². The first-order valence-corrected chi connectivity index (χ1v) is 7.22. The average molecular weight is 242 g/mol. The molecule has 1 aliphatic heterocycles. The van der Waals surface area contributed by atoms with Gasteiger partial charge in [0.1, 0.15) is 0 Å². The first-order valence-electron chi connectivity index (χ1n) is 7.22. The quantitative estimate of drug-likeness (QED) is 0.745. The fourth-order valence-corrected chi connectivity index (χ4v) is 2.93. The van der Waals surface area contributed by atoms with Crippen LogP contribution in [0.4, 0.5) is 0 Å². The van der Waals surface area contributed by atoms with Crippen LogP contribution in [0.3, 0.4) is 0 Å². The molecule has 2 N–H and O–H groups in total. The molecule has 0 saturated carbocycles. The molecule has 3 heteroatoms. The van der Waals surface area contributed by atoms with Crippen molar-refractivity contribution in [2.45, 2.75) is 64.5 Å². The summed E-state index contributed by atoms with van der Waals surface area (Å²) in [5.74, 6) is 0. The van der Waals surface area contributed by atoms with Crippen molar-refractivity contribution in [2.24, 2.45) is 5.73 Å². The lowest BCUT2D eigenvalue weighted by Gasteiger charge is -2.47. The Balaban J connectivity index is 2.68. The van der Waals surface area contributed by atoms with Crippen LogP contribution in [-0.2, 0) is 4.74 Å². The van der Waals surface area contributed by atoms with Gasteiger partial charge in [-0.25, -0.2) is 0 Å². The number of rotatable bonds is 7. The second-order valence-electron chi connectivity index (χ2n) is 5.47. The Morgan fingerprint density at radius 1 is 1.35 bits per heavy atom. The predicted molar refractivity (Wildman–Crippen MR) is 73.2 cm³/mol. The number of nitrogens with two attached hydrogens (primary N) is 1. The third kappa shape index (κ3) is 3.94. The Morgan fingerprint density at radius 3 is 2.71 bits per heavy atom. The highest BCUT2D eigenvalue weighted by molar-refractivity contribution is 4.93. The maximum Gasteiger partial charge on any atom is 0.0660 e. The molecule has 0 aromatic rings. The number of hydrogen-bond acceptors (Lipinski definition) is 3. The minimum absolute atomic E-state index is 0.0241. The number of ether oxygens (including phenoxy) is 1. The van der Waals surface area contributed by atoms with Gasteiger partial charge in [-0.2, -0.15) is 0 Å². The predicted octanol–water partition coefficient (Wildman–Crippen LogP) is 2.39. The van der Waals surface area contributed by atoms with E-state index in [0.717, 1.165) is 13.2 Å². The zero-order valence-corrected chi connectivity index (χ0v) is 11.9. The molecular formula is C14H30N2O. The third-order valence-electron chi connectivity index (χ3n) is 4.00. The van der Waals surface area contributed by atoms with Crippen LogP contribution in [0.25, 0.3) is 0 Å². The molecule has 102 valence electrons. The van der Waals surface area contributed by atoms with Crippen molar-refractivity contribution in [3.05, 3.63) is 0 Å². The highest BCUT2D eigenvalue weighted by atomic mass is 16.5. The van der Waals surface area contributed by atoms with E-state index in [4.69, 9.17) is 10.5 Å². The Hall–Kier alpha value is -0.120. The van der Waals surface area contributed by atoms with E-state index in [2.05, 4.69) is 25.7 Å². The summed E-state index contributed by atoms with van der Waals surface area (Å²) in [6.07, 6.45) is 6.56. The lowest BCUT2D eigenvalue weighted by Crippen LogP contribution is -2.60. The molecule has 0 bridgehead atoms. The van der Waals surface area contributed by atoms with Gasteiger partial charge in [0.2, 0.25) is 0 Å². The molecule has 2 atom stereocenters. The van der Waals surface area contributed by atoms with Crippen LogP contribution in [0.15, 0.2) is 0 Å². The van der Waals surface area contributed by atoms with Crippen LogP contribution in [0.2, 0.25) is 0 Å². The summed E-state index contributed by atoms with van der Waals surface area (Å²) < 4.78 is 5.65. The van der Waals surface area contributed by atoms with Gasteiger partial charge in [-0.05, 0) is 39.7 Å². The first-order chi connectivity index (χ1) is 8.18. The van der Waals surface area contributed by atoms with E-state index in [1.54, 1.807) is 0 Å². The van der Waals surface area contributed by atoms with E-state index in [9.17, 15) is 0 Å². The van der Waals surface area contributed by atoms with Crippen LogP contribution >= 0.6 is 0 Å². The van der Waals surface area contributed by atoms with Crippen molar-refractivity contribution in [3.63, 3.8) is 0 Å². The van der Waals surface area contributed by atoms with Crippen LogP contribution in [0, 0.1) is 0 Å². The van der Waals surface area contributed by atoms with Gasteiger partial charge in [0.05, 0.1) is 12.1 Å². The Labute approximate surface area is 107 Å².